The largest absolute Gasteiger partial charge is 0.326 e. The lowest BCUT2D eigenvalue weighted by atomic mass is 9.91. The maximum Gasteiger partial charge on any atom is 0.0109 e. The van der Waals surface area contributed by atoms with Gasteiger partial charge in [0.05, 0.1) is 0 Å². The Hall–Kier alpha value is -0.0800. The van der Waals surface area contributed by atoms with Crippen molar-refractivity contribution in [3.8, 4) is 0 Å². The van der Waals surface area contributed by atoms with Crippen molar-refractivity contribution in [3.63, 3.8) is 0 Å². The summed E-state index contributed by atoms with van der Waals surface area (Å²) in [4.78, 5) is 2.58. The Morgan fingerprint density at radius 3 is 2.14 bits per heavy atom. The number of likely N-dealkylation sites (tertiary alicyclic amines) is 1. The molecule has 14 heavy (non-hydrogen) atoms. The Kier molecular flexibility index (Phi) is 3.96. The molecule has 1 rings (SSSR count). The average molecular weight is 198 g/mol. The zero-order chi connectivity index (χ0) is 10.8. The predicted molar refractivity (Wildman–Crippen MR) is 62.3 cm³/mol. The summed E-state index contributed by atoms with van der Waals surface area (Å²) in [6.45, 7) is 12.6. The molecule has 1 aliphatic heterocycles. The van der Waals surface area contributed by atoms with Gasteiger partial charge in [0.1, 0.15) is 0 Å². The molecule has 0 amide bonds. The van der Waals surface area contributed by atoms with Crippen molar-refractivity contribution >= 4 is 0 Å². The van der Waals surface area contributed by atoms with Crippen LogP contribution in [0.15, 0.2) is 0 Å². The first-order valence-corrected chi connectivity index (χ1v) is 5.88. The molecule has 0 aromatic rings. The first-order valence-electron chi connectivity index (χ1n) is 5.88. The highest BCUT2D eigenvalue weighted by Crippen LogP contribution is 2.21. The molecular weight excluding hydrogens is 172 g/mol. The second-order valence-electron chi connectivity index (χ2n) is 5.94. The standard InChI is InChI=1S/C12H26N2/c1-10-7-11(2)9-14(8-10)6-5-12(3,4)13/h10-11H,5-9,13H2,1-4H3. The Morgan fingerprint density at radius 1 is 1.21 bits per heavy atom. The van der Waals surface area contributed by atoms with Crippen LogP contribution >= 0.6 is 0 Å². The molecular formula is C12H26N2. The van der Waals surface area contributed by atoms with E-state index in [1.165, 1.54) is 19.5 Å². The summed E-state index contributed by atoms with van der Waals surface area (Å²) in [6, 6.07) is 0. The van der Waals surface area contributed by atoms with Crippen LogP contribution in [0.25, 0.3) is 0 Å². The number of nitrogens with zero attached hydrogens (tertiary/aromatic N) is 1. The minimum atomic E-state index is -0.01000. The minimum Gasteiger partial charge on any atom is -0.326 e. The number of hydrogen-bond acceptors (Lipinski definition) is 2. The molecule has 1 heterocycles. The third-order valence-corrected chi connectivity index (χ3v) is 3.02. The van der Waals surface area contributed by atoms with Gasteiger partial charge in [-0.25, -0.2) is 0 Å². The quantitative estimate of drug-likeness (QED) is 0.752. The van der Waals surface area contributed by atoms with Gasteiger partial charge in [0.15, 0.2) is 0 Å². The monoisotopic (exact) mass is 198 g/mol. The Morgan fingerprint density at radius 2 is 1.71 bits per heavy atom. The van der Waals surface area contributed by atoms with Crippen LogP contribution in [0.2, 0.25) is 0 Å². The Bertz CT molecular complexity index is 162. The second-order valence-corrected chi connectivity index (χ2v) is 5.94. The van der Waals surface area contributed by atoms with Gasteiger partial charge in [-0.05, 0) is 45.1 Å². The molecule has 2 atom stereocenters. The van der Waals surface area contributed by atoms with E-state index in [1.54, 1.807) is 0 Å². The molecule has 84 valence electrons. The lowest BCUT2D eigenvalue weighted by molar-refractivity contribution is 0.132. The molecule has 1 saturated heterocycles. The number of rotatable bonds is 3. The van der Waals surface area contributed by atoms with Gasteiger partial charge in [-0.1, -0.05) is 13.8 Å². The van der Waals surface area contributed by atoms with Crippen LogP contribution in [0.3, 0.4) is 0 Å². The van der Waals surface area contributed by atoms with E-state index in [9.17, 15) is 0 Å². The number of hydrogen-bond donors (Lipinski definition) is 1. The predicted octanol–water partition coefficient (Wildman–Crippen LogP) is 2.09. The Balaban J connectivity index is 2.30. The van der Waals surface area contributed by atoms with Gasteiger partial charge in [-0.15, -0.1) is 0 Å². The molecule has 0 bridgehead atoms. The van der Waals surface area contributed by atoms with Crippen molar-refractivity contribution in [1.29, 1.82) is 0 Å². The van der Waals surface area contributed by atoms with Gasteiger partial charge in [0.25, 0.3) is 0 Å². The summed E-state index contributed by atoms with van der Waals surface area (Å²) in [5.41, 5.74) is 5.99. The molecule has 2 unspecified atom stereocenters. The lowest BCUT2D eigenvalue weighted by Gasteiger charge is -2.36. The smallest absolute Gasteiger partial charge is 0.0109 e. The second kappa shape index (κ2) is 4.63. The van der Waals surface area contributed by atoms with E-state index < -0.39 is 0 Å². The van der Waals surface area contributed by atoms with E-state index in [-0.39, 0.29) is 5.54 Å². The zero-order valence-electron chi connectivity index (χ0n) is 10.2. The summed E-state index contributed by atoms with van der Waals surface area (Å²) in [6.07, 6.45) is 2.49. The molecule has 0 aliphatic carbocycles. The molecule has 2 N–H and O–H groups in total. The fraction of sp³-hybridized carbons (Fsp3) is 1.00. The summed E-state index contributed by atoms with van der Waals surface area (Å²) >= 11 is 0. The molecule has 0 saturated carbocycles. The summed E-state index contributed by atoms with van der Waals surface area (Å²) < 4.78 is 0. The van der Waals surface area contributed by atoms with Crippen LogP contribution < -0.4 is 5.73 Å². The molecule has 0 aromatic carbocycles. The fourth-order valence-corrected chi connectivity index (χ4v) is 2.42. The molecule has 1 fully saturated rings. The lowest BCUT2D eigenvalue weighted by Crippen LogP contribution is -2.43. The van der Waals surface area contributed by atoms with Gasteiger partial charge in [-0.2, -0.15) is 0 Å². The van der Waals surface area contributed by atoms with Crippen LogP contribution in [0, 0.1) is 11.8 Å². The van der Waals surface area contributed by atoms with Crippen LogP contribution in [0.4, 0.5) is 0 Å². The average Bonchev–Trinajstić information content (AvgIpc) is 1.97. The van der Waals surface area contributed by atoms with Gasteiger partial charge < -0.3 is 10.6 Å². The van der Waals surface area contributed by atoms with Crippen LogP contribution in [0.5, 0.6) is 0 Å². The molecule has 2 nitrogen and oxygen atoms in total. The third-order valence-electron chi connectivity index (χ3n) is 3.02. The van der Waals surface area contributed by atoms with E-state index in [0.29, 0.717) is 0 Å². The highest BCUT2D eigenvalue weighted by molar-refractivity contribution is 4.78. The summed E-state index contributed by atoms with van der Waals surface area (Å²) in [5, 5.41) is 0. The molecule has 2 heteroatoms. The van der Waals surface area contributed by atoms with Crippen molar-refractivity contribution < 1.29 is 0 Å². The van der Waals surface area contributed by atoms with Crippen molar-refractivity contribution in [1.82, 2.24) is 4.90 Å². The van der Waals surface area contributed by atoms with Crippen molar-refractivity contribution in [2.45, 2.75) is 46.1 Å². The molecule has 0 spiro atoms. The van der Waals surface area contributed by atoms with E-state index >= 15 is 0 Å². The highest BCUT2D eigenvalue weighted by Gasteiger charge is 2.22. The van der Waals surface area contributed by atoms with Gasteiger partial charge in [-0.3, -0.25) is 0 Å². The van der Waals surface area contributed by atoms with Crippen molar-refractivity contribution in [2.75, 3.05) is 19.6 Å². The van der Waals surface area contributed by atoms with Crippen molar-refractivity contribution in [2.24, 2.45) is 17.6 Å². The van der Waals surface area contributed by atoms with Gasteiger partial charge in [0, 0.05) is 18.6 Å². The highest BCUT2D eigenvalue weighted by atomic mass is 15.1. The Labute approximate surface area is 88.8 Å². The van der Waals surface area contributed by atoms with Crippen LogP contribution in [-0.4, -0.2) is 30.1 Å². The molecule has 0 aromatic heterocycles. The number of piperidine rings is 1. The minimum absolute atomic E-state index is 0.01000. The van der Waals surface area contributed by atoms with E-state index in [4.69, 9.17) is 5.73 Å². The SMILES string of the molecule is CC1CC(C)CN(CCC(C)(C)N)C1. The van der Waals surface area contributed by atoms with Crippen LogP contribution in [0.1, 0.15) is 40.5 Å². The molecule has 1 aliphatic rings. The summed E-state index contributed by atoms with van der Waals surface area (Å²) in [7, 11) is 0. The fourth-order valence-electron chi connectivity index (χ4n) is 2.42. The number of nitrogens with two attached hydrogens (primary N) is 1. The normalized spacial score (nSPS) is 30.6. The first kappa shape index (κ1) is 12.0. The van der Waals surface area contributed by atoms with Crippen LogP contribution in [-0.2, 0) is 0 Å². The third kappa shape index (κ3) is 4.43. The molecule has 0 radical (unpaired) electrons. The van der Waals surface area contributed by atoms with E-state index in [0.717, 1.165) is 24.8 Å². The topological polar surface area (TPSA) is 29.3 Å². The maximum absolute atomic E-state index is 6.00. The van der Waals surface area contributed by atoms with E-state index in [1.807, 2.05) is 0 Å². The summed E-state index contributed by atoms with van der Waals surface area (Å²) in [5.74, 6) is 1.72. The van der Waals surface area contributed by atoms with Gasteiger partial charge >= 0.3 is 0 Å². The van der Waals surface area contributed by atoms with E-state index in [2.05, 4.69) is 32.6 Å². The van der Waals surface area contributed by atoms with Crippen molar-refractivity contribution in [3.05, 3.63) is 0 Å². The maximum atomic E-state index is 6.00. The zero-order valence-corrected chi connectivity index (χ0v) is 10.2. The first-order chi connectivity index (χ1) is 6.37. The van der Waals surface area contributed by atoms with Gasteiger partial charge in [0.2, 0.25) is 0 Å².